The second kappa shape index (κ2) is 8.16. The first-order valence-corrected chi connectivity index (χ1v) is 9.85. The number of hydrogen-bond acceptors (Lipinski definition) is 5. The molecule has 2 unspecified atom stereocenters. The molecule has 0 spiro atoms. The summed E-state index contributed by atoms with van der Waals surface area (Å²) in [5.74, 6) is 0.135. The van der Waals surface area contributed by atoms with Gasteiger partial charge in [0.15, 0.2) is 0 Å². The average molecular weight is 370 g/mol. The molecule has 25 heavy (non-hydrogen) atoms. The van der Waals surface area contributed by atoms with Gasteiger partial charge >= 0.3 is 0 Å². The first-order valence-electron chi connectivity index (χ1n) is 8.24. The van der Waals surface area contributed by atoms with Gasteiger partial charge in [-0.1, -0.05) is 0 Å². The first-order chi connectivity index (χ1) is 11.7. The Morgan fingerprint density at radius 2 is 1.92 bits per heavy atom. The molecule has 0 aliphatic carbocycles. The molecule has 1 aliphatic heterocycles. The van der Waals surface area contributed by atoms with Crippen LogP contribution in [0, 0.1) is 5.92 Å². The smallest absolute Gasteiger partial charge is 0.251 e. The van der Waals surface area contributed by atoms with E-state index in [2.05, 4.69) is 5.32 Å². The predicted octanol–water partition coefficient (Wildman–Crippen LogP) is 1.11. The van der Waals surface area contributed by atoms with Gasteiger partial charge in [-0.05, 0) is 38.1 Å². The lowest BCUT2D eigenvalue weighted by molar-refractivity contribution is 0.0926. The third-order valence-electron chi connectivity index (χ3n) is 3.98. The van der Waals surface area contributed by atoms with Gasteiger partial charge in [0, 0.05) is 25.6 Å². The summed E-state index contributed by atoms with van der Waals surface area (Å²) in [6.45, 7) is 4.50. The van der Waals surface area contributed by atoms with Crippen molar-refractivity contribution in [3.05, 3.63) is 29.8 Å². The minimum Gasteiger partial charge on any atom is -0.491 e. The fraction of sp³-hybridized carbons (Fsp3) is 0.588. The molecule has 0 saturated carbocycles. The molecular formula is C17H26N2O5S. The monoisotopic (exact) mass is 370 g/mol. The van der Waals surface area contributed by atoms with Crippen LogP contribution >= 0.6 is 0 Å². The summed E-state index contributed by atoms with van der Waals surface area (Å²) in [7, 11) is -0.348. The van der Waals surface area contributed by atoms with Crippen molar-refractivity contribution in [1.82, 2.24) is 9.62 Å². The van der Waals surface area contributed by atoms with Gasteiger partial charge < -0.3 is 14.8 Å². The number of benzene rings is 1. The highest BCUT2D eigenvalue weighted by Crippen LogP contribution is 2.19. The van der Waals surface area contributed by atoms with Crippen molar-refractivity contribution in [2.24, 2.45) is 5.92 Å². The molecular weight excluding hydrogens is 344 g/mol. The molecule has 1 saturated heterocycles. The van der Waals surface area contributed by atoms with Crippen LogP contribution in [-0.4, -0.2) is 63.8 Å². The molecule has 2 atom stereocenters. The predicted molar refractivity (Wildman–Crippen MR) is 95.2 cm³/mol. The molecule has 0 radical (unpaired) electrons. The number of sulfonamides is 1. The quantitative estimate of drug-likeness (QED) is 0.777. The maximum atomic E-state index is 12.4. The van der Waals surface area contributed by atoms with Crippen LogP contribution in [-0.2, 0) is 14.8 Å². The maximum absolute atomic E-state index is 12.4. The summed E-state index contributed by atoms with van der Waals surface area (Å²) in [4.78, 5) is 12.4. The SMILES string of the molecule is CC(C)Oc1ccc(C(=O)NC2COCC2CS(=O)(=O)N(C)C)cc1. The number of ether oxygens (including phenoxy) is 2. The largest absolute Gasteiger partial charge is 0.491 e. The Morgan fingerprint density at radius 1 is 1.28 bits per heavy atom. The van der Waals surface area contributed by atoms with E-state index in [1.54, 1.807) is 24.3 Å². The summed E-state index contributed by atoms with van der Waals surface area (Å²) in [6, 6.07) is 6.54. The molecule has 1 aromatic carbocycles. The fourth-order valence-electron chi connectivity index (χ4n) is 2.55. The number of carbonyl (C=O) groups excluding carboxylic acids is 1. The van der Waals surface area contributed by atoms with Crippen molar-refractivity contribution in [3.8, 4) is 5.75 Å². The third-order valence-corrected chi connectivity index (χ3v) is 5.95. The van der Waals surface area contributed by atoms with Gasteiger partial charge in [-0.3, -0.25) is 4.79 Å². The number of nitrogens with zero attached hydrogens (tertiary/aromatic N) is 1. The maximum Gasteiger partial charge on any atom is 0.251 e. The molecule has 1 amide bonds. The Hall–Kier alpha value is -1.64. The second-order valence-electron chi connectivity index (χ2n) is 6.63. The van der Waals surface area contributed by atoms with Crippen molar-refractivity contribution in [2.45, 2.75) is 26.0 Å². The van der Waals surface area contributed by atoms with Crippen molar-refractivity contribution < 1.29 is 22.7 Å². The Labute approximate surface area is 149 Å². The highest BCUT2D eigenvalue weighted by Gasteiger charge is 2.34. The van der Waals surface area contributed by atoms with Crippen LogP contribution in [0.15, 0.2) is 24.3 Å². The Balaban J connectivity index is 1.99. The standard InChI is InChI=1S/C17H26N2O5S/c1-12(2)24-15-7-5-13(6-8-15)17(20)18-16-10-23-9-14(16)11-25(21,22)19(3)4/h5-8,12,14,16H,9-11H2,1-4H3,(H,18,20). The van der Waals surface area contributed by atoms with Crippen LogP contribution in [0.1, 0.15) is 24.2 Å². The van der Waals surface area contributed by atoms with Crippen LogP contribution in [0.25, 0.3) is 0 Å². The molecule has 7 nitrogen and oxygen atoms in total. The molecule has 1 aliphatic rings. The van der Waals surface area contributed by atoms with Crippen molar-refractivity contribution in [3.63, 3.8) is 0 Å². The van der Waals surface area contributed by atoms with E-state index in [1.807, 2.05) is 13.8 Å². The lowest BCUT2D eigenvalue weighted by Crippen LogP contribution is -2.43. The van der Waals surface area contributed by atoms with Crippen molar-refractivity contribution in [1.29, 1.82) is 0 Å². The zero-order valence-corrected chi connectivity index (χ0v) is 15.9. The van der Waals surface area contributed by atoms with E-state index in [9.17, 15) is 13.2 Å². The van der Waals surface area contributed by atoms with Crippen LogP contribution in [0.2, 0.25) is 0 Å². The van der Waals surface area contributed by atoms with Gasteiger partial charge in [0.1, 0.15) is 5.75 Å². The van der Waals surface area contributed by atoms with Gasteiger partial charge in [0.25, 0.3) is 5.91 Å². The Kier molecular flexibility index (Phi) is 6.42. The molecule has 1 heterocycles. The Morgan fingerprint density at radius 3 is 2.48 bits per heavy atom. The van der Waals surface area contributed by atoms with E-state index < -0.39 is 10.0 Å². The first kappa shape index (κ1) is 19.7. The normalized spacial score (nSPS) is 20.9. The summed E-state index contributed by atoms with van der Waals surface area (Å²) >= 11 is 0. The minimum absolute atomic E-state index is 0.0495. The molecule has 1 fully saturated rings. The van der Waals surface area contributed by atoms with Crippen LogP contribution in [0.3, 0.4) is 0 Å². The highest BCUT2D eigenvalue weighted by molar-refractivity contribution is 7.89. The molecule has 0 aromatic heterocycles. The van der Waals surface area contributed by atoms with Gasteiger partial charge in [-0.15, -0.1) is 0 Å². The Bertz CT molecular complexity index is 685. The molecule has 2 rings (SSSR count). The van der Waals surface area contributed by atoms with Gasteiger partial charge in [-0.25, -0.2) is 12.7 Å². The molecule has 1 N–H and O–H groups in total. The lowest BCUT2D eigenvalue weighted by Gasteiger charge is -2.21. The molecule has 8 heteroatoms. The zero-order valence-electron chi connectivity index (χ0n) is 15.1. The van der Waals surface area contributed by atoms with Crippen molar-refractivity contribution >= 4 is 15.9 Å². The summed E-state index contributed by atoms with van der Waals surface area (Å²) in [6.07, 6.45) is 0.0646. The van der Waals surface area contributed by atoms with Crippen LogP contribution in [0.5, 0.6) is 5.75 Å². The number of carbonyl (C=O) groups is 1. The summed E-state index contributed by atoms with van der Waals surface area (Å²) in [5.41, 5.74) is 0.497. The van der Waals surface area contributed by atoms with E-state index in [0.717, 1.165) is 0 Å². The second-order valence-corrected chi connectivity index (χ2v) is 8.86. The fourth-order valence-corrected chi connectivity index (χ4v) is 3.72. The van der Waals surface area contributed by atoms with Gasteiger partial charge in [-0.2, -0.15) is 0 Å². The topological polar surface area (TPSA) is 84.9 Å². The number of nitrogens with one attached hydrogen (secondary N) is 1. The van der Waals surface area contributed by atoms with Crippen LogP contribution in [0.4, 0.5) is 0 Å². The third kappa shape index (κ3) is 5.42. The summed E-state index contributed by atoms with van der Waals surface area (Å²) in [5, 5.41) is 2.88. The van der Waals surface area contributed by atoms with Crippen molar-refractivity contribution in [2.75, 3.05) is 33.1 Å². The van der Waals surface area contributed by atoms with E-state index in [4.69, 9.17) is 9.47 Å². The van der Waals surface area contributed by atoms with E-state index in [0.29, 0.717) is 24.5 Å². The highest BCUT2D eigenvalue weighted by atomic mass is 32.2. The van der Waals surface area contributed by atoms with Crippen LogP contribution < -0.4 is 10.1 Å². The summed E-state index contributed by atoms with van der Waals surface area (Å²) < 4.78 is 36.2. The van der Waals surface area contributed by atoms with Gasteiger partial charge in [0.2, 0.25) is 10.0 Å². The number of rotatable bonds is 7. The molecule has 0 bridgehead atoms. The number of amides is 1. The molecule has 140 valence electrons. The molecule has 1 aromatic rings. The zero-order chi connectivity index (χ0) is 18.6. The van der Waals surface area contributed by atoms with E-state index >= 15 is 0 Å². The lowest BCUT2D eigenvalue weighted by atomic mass is 10.1. The van der Waals surface area contributed by atoms with Gasteiger partial charge in [0.05, 0.1) is 31.1 Å². The van der Waals surface area contributed by atoms with E-state index in [1.165, 1.54) is 18.4 Å². The minimum atomic E-state index is -3.35. The number of hydrogen-bond donors (Lipinski definition) is 1. The van der Waals surface area contributed by atoms with E-state index in [-0.39, 0.29) is 29.7 Å². The average Bonchev–Trinajstić information content (AvgIpc) is 2.93.